The lowest BCUT2D eigenvalue weighted by molar-refractivity contribution is 0.0705. The molecule has 1 saturated heterocycles. The Morgan fingerprint density at radius 3 is 2.83 bits per heavy atom. The summed E-state index contributed by atoms with van der Waals surface area (Å²) < 4.78 is 25.3. The SMILES string of the molecule is Cn1cc(C(=O)N2CCCC(c3[nH]ncc3S(C)(=O)=O)C2)cn1. The number of aromatic amines is 1. The first-order chi connectivity index (χ1) is 10.9. The molecule has 2 aromatic rings. The second kappa shape index (κ2) is 5.80. The van der Waals surface area contributed by atoms with Crippen LogP contribution in [0.1, 0.15) is 34.8 Å². The molecule has 0 radical (unpaired) electrons. The van der Waals surface area contributed by atoms with Crippen LogP contribution in [0.5, 0.6) is 0 Å². The number of carbonyl (C=O) groups is 1. The smallest absolute Gasteiger partial charge is 0.257 e. The summed E-state index contributed by atoms with van der Waals surface area (Å²) >= 11 is 0. The van der Waals surface area contributed by atoms with Gasteiger partial charge in [-0.05, 0) is 12.8 Å². The van der Waals surface area contributed by atoms with Crippen molar-refractivity contribution in [3.8, 4) is 0 Å². The van der Waals surface area contributed by atoms with Crippen LogP contribution in [0.3, 0.4) is 0 Å². The fourth-order valence-corrected chi connectivity index (χ4v) is 3.84. The number of aromatic nitrogens is 4. The average molecular weight is 337 g/mol. The lowest BCUT2D eigenvalue weighted by Gasteiger charge is -2.32. The molecule has 3 heterocycles. The maximum absolute atomic E-state index is 12.5. The van der Waals surface area contributed by atoms with Gasteiger partial charge in [0.2, 0.25) is 0 Å². The summed E-state index contributed by atoms with van der Waals surface area (Å²) in [5.74, 6) is -0.139. The number of nitrogens with zero attached hydrogens (tertiary/aromatic N) is 4. The summed E-state index contributed by atoms with van der Waals surface area (Å²) in [6, 6.07) is 0. The summed E-state index contributed by atoms with van der Waals surface area (Å²) in [5.41, 5.74) is 1.14. The first kappa shape index (κ1) is 15.7. The Balaban J connectivity index is 1.82. The standard InChI is InChI=1S/C14H19N5O3S/c1-18-8-11(6-16-18)14(20)19-5-3-4-10(9-19)13-12(7-15-17-13)23(2,21)22/h6-8,10H,3-5,9H2,1-2H3,(H,15,17). The van der Waals surface area contributed by atoms with Crippen LogP contribution in [0.2, 0.25) is 0 Å². The zero-order valence-corrected chi connectivity index (χ0v) is 13.9. The molecule has 1 aliphatic rings. The fourth-order valence-electron chi connectivity index (χ4n) is 2.98. The van der Waals surface area contributed by atoms with Crippen LogP contribution in [0.15, 0.2) is 23.5 Å². The Bertz CT molecular complexity index is 823. The van der Waals surface area contributed by atoms with Crippen molar-refractivity contribution in [3.05, 3.63) is 29.8 Å². The highest BCUT2D eigenvalue weighted by atomic mass is 32.2. The number of piperidine rings is 1. The molecule has 124 valence electrons. The topological polar surface area (TPSA) is 101 Å². The second-order valence-corrected chi connectivity index (χ2v) is 7.90. The Kier molecular flexibility index (Phi) is 3.97. The molecule has 1 aliphatic heterocycles. The summed E-state index contributed by atoms with van der Waals surface area (Å²) in [6.07, 6.45) is 7.38. The van der Waals surface area contributed by atoms with E-state index in [-0.39, 0.29) is 16.7 Å². The highest BCUT2D eigenvalue weighted by Gasteiger charge is 2.30. The monoisotopic (exact) mass is 337 g/mol. The molecule has 3 rings (SSSR count). The van der Waals surface area contributed by atoms with E-state index in [4.69, 9.17) is 0 Å². The van der Waals surface area contributed by atoms with Gasteiger partial charge in [-0.3, -0.25) is 14.6 Å². The van der Waals surface area contributed by atoms with E-state index in [9.17, 15) is 13.2 Å². The molecule has 0 spiro atoms. The normalized spacial score (nSPS) is 19.0. The van der Waals surface area contributed by atoms with Gasteiger partial charge in [0.15, 0.2) is 9.84 Å². The third-order valence-electron chi connectivity index (χ3n) is 4.10. The molecule has 2 aromatic heterocycles. The van der Waals surface area contributed by atoms with Gasteiger partial charge in [-0.15, -0.1) is 0 Å². The van der Waals surface area contributed by atoms with Crippen LogP contribution in [-0.2, 0) is 16.9 Å². The second-order valence-electron chi connectivity index (χ2n) is 5.91. The van der Waals surface area contributed by atoms with Gasteiger partial charge in [-0.2, -0.15) is 10.2 Å². The highest BCUT2D eigenvalue weighted by Crippen LogP contribution is 2.30. The van der Waals surface area contributed by atoms with Gasteiger partial charge in [-0.25, -0.2) is 8.42 Å². The number of likely N-dealkylation sites (tertiary alicyclic amines) is 1. The maximum atomic E-state index is 12.5. The van der Waals surface area contributed by atoms with Gasteiger partial charge in [0.25, 0.3) is 5.91 Å². The van der Waals surface area contributed by atoms with Crippen molar-refractivity contribution in [1.29, 1.82) is 0 Å². The van der Waals surface area contributed by atoms with E-state index in [1.54, 1.807) is 29.0 Å². The van der Waals surface area contributed by atoms with Crippen molar-refractivity contribution in [3.63, 3.8) is 0 Å². The number of rotatable bonds is 3. The first-order valence-electron chi connectivity index (χ1n) is 7.37. The number of sulfone groups is 1. The van der Waals surface area contributed by atoms with Crippen molar-refractivity contribution >= 4 is 15.7 Å². The van der Waals surface area contributed by atoms with Crippen molar-refractivity contribution in [2.75, 3.05) is 19.3 Å². The zero-order valence-electron chi connectivity index (χ0n) is 13.1. The first-order valence-corrected chi connectivity index (χ1v) is 9.26. The molecule has 0 bridgehead atoms. The quantitative estimate of drug-likeness (QED) is 0.882. The van der Waals surface area contributed by atoms with Crippen LogP contribution in [0.4, 0.5) is 0 Å². The van der Waals surface area contributed by atoms with E-state index in [1.807, 2.05) is 0 Å². The minimum Gasteiger partial charge on any atom is -0.338 e. The molecular formula is C14H19N5O3S. The molecule has 1 fully saturated rings. The van der Waals surface area contributed by atoms with Crippen LogP contribution >= 0.6 is 0 Å². The average Bonchev–Trinajstić information content (AvgIpc) is 3.15. The predicted molar refractivity (Wildman–Crippen MR) is 82.8 cm³/mol. The van der Waals surface area contributed by atoms with Gasteiger partial charge < -0.3 is 4.90 Å². The molecule has 23 heavy (non-hydrogen) atoms. The number of amides is 1. The molecule has 8 nitrogen and oxygen atoms in total. The maximum Gasteiger partial charge on any atom is 0.257 e. The number of nitrogens with one attached hydrogen (secondary N) is 1. The molecule has 1 amide bonds. The van der Waals surface area contributed by atoms with E-state index < -0.39 is 9.84 Å². The van der Waals surface area contributed by atoms with E-state index in [0.29, 0.717) is 24.3 Å². The Labute approximate surface area is 134 Å². The zero-order chi connectivity index (χ0) is 16.6. The summed E-state index contributed by atoms with van der Waals surface area (Å²) in [6.45, 7) is 1.13. The minimum atomic E-state index is -3.34. The van der Waals surface area contributed by atoms with E-state index in [1.165, 1.54) is 12.5 Å². The number of H-pyrrole nitrogens is 1. The van der Waals surface area contributed by atoms with Crippen LogP contribution in [-0.4, -0.2) is 58.5 Å². The molecule has 0 saturated carbocycles. The molecule has 1 unspecified atom stereocenters. The van der Waals surface area contributed by atoms with Crippen molar-refractivity contribution < 1.29 is 13.2 Å². The van der Waals surface area contributed by atoms with Gasteiger partial charge in [0.05, 0.1) is 23.7 Å². The Hall–Kier alpha value is -2.16. The summed E-state index contributed by atoms with van der Waals surface area (Å²) in [4.78, 5) is 14.5. The minimum absolute atomic E-state index is 0.0587. The molecule has 9 heteroatoms. The predicted octanol–water partition coefficient (Wildman–Crippen LogP) is 0.566. The highest BCUT2D eigenvalue weighted by molar-refractivity contribution is 7.90. The van der Waals surface area contributed by atoms with Gasteiger partial charge in [0.1, 0.15) is 4.90 Å². The van der Waals surface area contributed by atoms with Crippen molar-refractivity contribution in [2.45, 2.75) is 23.7 Å². The van der Waals surface area contributed by atoms with E-state index in [0.717, 1.165) is 12.8 Å². The fraction of sp³-hybridized carbons (Fsp3) is 0.500. The van der Waals surface area contributed by atoms with Crippen molar-refractivity contribution in [2.24, 2.45) is 7.05 Å². The van der Waals surface area contributed by atoms with E-state index >= 15 is 0 Å². The van der Waals surface area contributed by atoms with Gasteiger partial charge >= 0.3 is 0 Å². The Morgan fingerprint density at radius 1 is 1.39 bits per heavy atom. The van der Waals surface area contributed by atoms with Crippen molar-refractivity contribution in [1.82, 2.24) is 24.9 Å². The molecule has 0 aromatic carbocycles. The Morgan fingerprint density at radius 2 is 2.17 bits per heavy atom. The van der Waals surface area contributed by atoms with Crippen LogP contribution < -0.4 is 0 Å². The number of hydrogen-bond acceptors (Lipinski definition) is 5. The molecular weight excluding hydrogens is 318 g/mol. The summed E-state index contributed by atoms with van der Waals surface area (Å²) in [5, 5.41) is 10.7. The summed E-state index contributed by atoms with van der Waals surface area (Å²) in [7, 11) is -1.57. The number of carbonyl (C=O) groups excluding carboxylic acids is 1. The molecule has 1 atom stereocenters. The number of hydrogen-bond donors (Lipinski definition) is 1. The van der Waals surface area contributed by atoms with Crippen LogP contribution in [0.25, 0.3) is 0 Å². The largest absolute Gasteiger partial charge is 0.338 e. The van der Waals surface area contributed by atoms with Gasteiger partial charge in [-0.1, -0.05) is 0 Å². The van der Waals surface area contributed by atoms with E-state index in [2.05, 4.69) is 15.3 Å². The molecule has 0 aliphatic carbocycles. The third-order valence-corrected chi connectivity index (χ3v) is 5.22. The lowest BCUT2D eigenvalue weighted by Crippen LogP contribution is -2.39. The molecule has 1 N–H and O–H groups in total. The number of aryl methyl sites for hydroxylation is 1. The van der Waals surface area contributed by atoms with Gasteiger partial charge in [0, 0.05) is 38.5 Å². The lowest BCUT2D eigenvalue weighted by atomic mass is 9.94. The third kappa shape index (κ3) is 3.14. The van der Waals surface area contributed by atoms with Crippen LogP contribution in [0, 0.1) is 0 Å².